The van der Waals surface area contributed by atoms with Crippen LogP contribution in [0, 0.1) is 0 Å². The van der Waals surface area contributed by atoms with E-state index in [9.17, 15) is 0 Å². The molecule has 1 N–H and O–H groups in total. The van der Waals surface area contributed by atoms with E-state index in [0.29, 0.717) is 0 Å². The van der Waals surface area contributed by atoms with E-state index in [2.05, 4.69) is 5.32 Å². The number of hydrogen-bond acceptors (Lipinski definition) is 2. The van der Waals surface area contributed by atoms with Gasteiger partial charge < -0.3 is 9.73 Å². The van der Waals surface area contributed by atoms with Crippen molar-refractivity contribution in [3.8, 4) is 0 Å². The molecule has 0 unspecified atom stereocenters. The molecular formula is C5H7NO. The van der Waals surface area contributed by atoms with Crippen molar-refractivity contribution < 1.29 is 4.42 Å². The van der Waals surface area contributed by atoms with Crippen LogP contribution in [0.4, 0.5) is 5.69 Å². The first-order valence-electron chi connectivity index (χ1n) is 2.13. The molecule has 2 heteroatoms. The van der Waals surface area contributed by atoms with E-state index in [-0.39, 0.29) is 0 Å². The Morgan fingerprint density at radius 2 is 2.57 bits per heavy atom. The molecule has 0 aromatic carbocycles. The first-order valence-corrected chi connectivity index (χ1v) is 2.13. The summed E-state index contributed by atoms with van der Waals surface area (Å²) in [5.41, 5.74) is 1.01. The predicted octanol–water partition coefficient (Wildman–Crippen LogP) is 1.32. The van der Waals surface area contributed by atoms with Gasteiger partial charge in [0.25, 0.3) is 0 Å². The Bertz CT molecular complexity index is 123. The van der Waals surface area contributed by atoms with Crippen molar-refractivity contribution in [3.63, 3.8) is 0 Å². The third-order valence-corrected chi connectivity index (χ3v) is 0.810. The molecule has 0 aliphatic rings. The van der Waals surface area contributed by atoms with E-state index < -0.39 is 0 Å². The standard InChI is InChI=1S/C5H7NO/c1-6-5-2-3-7-4-5/h2-4,6H,1H3. The van der Waals surface area contributed by atoms with Gasteiger partial charge in [-0.05, 0) is 6.07 Å². The summed E-state index contributed by atoms with van der Waals surface area (Å²) in [4.78, 5) is 0. The van der Waals surface area contributed by atoms with Crippen molar-refractivity contribution in [1.82, 2.24) is 0 Å². The van der Waals surface area contributed by atoms with Crippen LogP contribution >= 0.6 is 0 Å². The van der Waals surface area contributed by atoms with Crippen LogP contribution in [0.3, 0.4) is 0 Å². The van der Waals surface area contributed by atoms with Gasteiger partial charge in [-0.25, -0.2) is 0 Å². The van der Waals surface area contributed by atoms with Crippen LogP contribution in [0.1, 0.15) is 0 Å². The van der Waals surface area contributed by atoms with Gasteiger partial charge in [0, 0.05) is 7.05 Å². The number of rotatable bonds is 1. The lowest BCUT2D eigenvalue weighted by atomic mass is 10.5. The smallest absolute Gasteiger partial charge is 0.113 e. The second-order valence-electron chi connectivity index (χ2n) is 1.26. The average Bonchev–Trinajstić information content (AvgIpc) is 2.14. The monoisotopic (exact) mass is 97.1 g/mol. The van der Waals surface area contributed by atoms with Gasteiger partial charge in [0.1, 0.15) is 6.26 Å². The zero-order valence-electron chi connectivity index (χ0n) is 4.14. The maximum absolute atomic E-state index is 4.74. The molecule has 1 rings (SSSR count). The van der Waals surface area contributed by atoms with Crippen LogP contribution in [0.15, 0.2) is 23.0 Å². The zero-order chi connectivity index (χ0) is 5.11. The highest BCUT2D eigenvalue weighted by Crippen LogP contribution is 2.03. The first-order chi connectivity index (χ1) is 3.43. The lowest BCUT2D eigenvalue weighted by molar-refractivity contribution is 0.568. The van der Waals surface area contributed by atoms with Gasteiger partial charge in [-0.1, -0.05) is 0 Å². The minimum Gasteiger partial charge on any atom is -0.470 e. The molecule has 0 saturated carbocycles. The van der Waals surface area contributed by atoms with Crippen LogP contribution in [-0.4, -0.2) is 7.05 Å². The average molecular weight is 97.1 g/mol. The molecule has 1 aromatic rings. The van der Waals surface area contributed by atoms with Gasteiger partial charge in [-0.2, -0.15) is 0 Å². The van der Waals surface area contributed by atoms with E-state index in [1.807, 2.05) is 13.1 Å². The summed E-state index contributed by atoms with van der Waals surface area (Å²) < 4.78 is 4.74. The van der Waals surface area contributed by atoms with E-state index in [1.165, 1.54) is 0 Å². The summed E-state index contributed by atoms with van der Waals surface area (Å²) in [5, 5.41) is 2.91. The Morgan fingerprint density at radius 3 is 2.86 bits per heavy atom. The summed E-state index contributed by atoms with van der Waals surface area (Å²) in [7, 11) is 1.85. The van der Waals surface area contributed by atoms with Crippen LogP contribution in [0.25, 0.3) is 0 Å². The maximum Gasteiger partial charge on any atom is 0.113 e. The van der Waals surface area contributed by atoms with Gasteiger partial charge in [-0.3, -0.25) is 0 Å². The summed E-state index contributed by atoms with van der Waals surface area (Å²) in [5.74, 6) is 0. The van der Waals surface area contributed by atoms with Gasteiger partial charge in [0.2, 0.25) is 0 Å². The largest absolute Gasteiger partial charge is 0.470 e. The highest BCUT2D eigenvalue weighted by Gasteiger charge is 1.82. The zero-order valence-corrected chi connectivity index (χ0v) is 4.14. The minimum absolute atomic E-state index is 1.01. The van der Waals surface area contributed by atoms with Crippen LogP contribution in [0.5, 0.6) is 0 Å². The normalized spacial score (nSPS) is 8.71. The summed E-state index contributed by atoms with van der Waals surface area (Å²) in [6, 6.07) is 1.86. The lowest BCUT2D eigenvalue weighted by Crippen LogP contribution is -1.81. The minimum atomic E-state index is 1.01. The van der Waals surface area contributed by atoms with Crippen LogP contribution < -0.4 is 5.32 Å². The molecule has 0 aliphatic heterocycles. The van der Waals surface area contributed by atoms with E-state index in [4.69, 9.17) is 4.42 Å². The summed E-state index contributed by atoms with van der Waals surface area (Å²) >= 11 is 0. The number of furan rings is 1. The second-order valence-corrected chi connectivity index (χ2v) is 1.26. The molecule has 0 saturated heterocycles. The number of nitrogens with one attached hydrogen (secondary N) is 1. The quantitative estimate of drug-likeness (QED) is 0.571. The van der Waals surface area contributed by atoms with Crippen LogP contribution in [-0.2, 0) is 0 Å². The molecule has 1 aromatic heterocycles. The Kier molecular flexibility index (Phi) is 1.02. The van der Waals surface area contributed by atoms with E-state index >= 15 is 0 Å². The third kappa shape index (κ3) is 0.738. The Morgan fingerprint density at radius 1 is 1.71 bits per heavy atom. The van der Waals surface area contributed by atoms with E-state index in [1.54, 1.807) is 12.5 Å². The molecule has 7 heavy (non-hydrogen) atoms. The molecule has 2 nitrogen and oxygen atoms in total. The fourth-order valence-electron chi connectivity index (χ4n) is 0.407. The highest BCUT2D eigenvalue weighted by molar-refractivity contribution is 5.37. The molecular weight excluding hydrogens is 90.1 g/mol. The fraction of sp³-hybridized carbons (Fsp3) is 0.200. The molecule has 0 atom stereocenters. The van der Waals surface area contributed by atoms with Crippen molar-refractivity contribution in [1.29, 1.82) is 0 Å². The van der Waals surface area contributed by atoms with Crippen molar-refractivity contribution >= 4 is 5.69 Å². The van der Waals surface area contributed by atoms with Crippen molar-refractivity contribution in [2.45, 2.75) is 0 Å². The fourth-order valence-corrected chi connectivity index (χ4v) is 0.407. The molecule has 0 bridgehead atoms. The predicted molar refractivity (Wildman–Crippen MR) is 28.3 cm³/mol. The third-order valence-electron chi connectivity index (χ3n) is 0.810. The van der Waals surface area contributed by atoms with Crippen molar-refractivity contribution in [3.05, 3.63) is 18.6 Å². The Labute approximate surface area is 42.1 Å². The summed E-state index contributed by atoms with van der Waals surface area (Å²) in [6.45, 7) is 0. The van der Waals surface area contributed by atoms with Crippen molar-refractivity contribution in [2.75, 3.05) is 12.4 Å². The Hall–Kier alpha value is -0.920. The van der Waals surface area contributed by atoms with Crippen molar-refractivity contribution in [2.24, 2.45) is 0 Å². The topological polar surface area (TPSA) is 25.2 Å². The summed E-state index contributed by atoms with van der Waals surface area (Å²) in [6.07, 6.45) is 3.28. The first kappa shape index (κ1) is 4.24. The Balaban J connectivity index is 2.76. The molecule has 0 radical (unpaired) electrons. The number of hydrogen-bond donors (Lipinski definition) is 1. The highest BCUT2D eigenvalue weighted by atomic mass is 16.3. The molecule has 0 amide bonds. The molecule has 0 spiro atoms. The molecule has 38 valence electrons. The van der Waals surface area contributed by atoms with Gasteiger partial charge in [0.15, 0.2) is 0 Å². The van der Waals surface area contributed by atoms with Crippen LogP contribution in [0.2, 0.25) is 0 Å². The van der Waals surface area contributed by atoms with Gasteiger partial charge >= 0.3 is 0 Å². The lowest BCUT2D eigenvalue weighted by Gasteiger charge is -1.84. The van der Waals surface area contributed by atoms with Gasteiger partial charge in [0.05, 0.1) is 12.0 Å². The molecule has 0 aliphatic carbocycles. The molecule has 1 heterocycles. The molecule has 0 fully saturated rings. The SMILES string of the molecule is CNc1ccoc1. The maximum atomic E-state index is 4.74. The second kappa shape index (κ2) is 1.69. The van der Waals surface area contributed by atoms with E-state index in [0.717, 1.165) is 5.69 Å². The number of anilines is 1. The van der Waals surface area contributed by atoms with Gasteiger partial charge in [-0.15, -0.1) is 0 Å².